The first kappa shape index (κ1) is 24.9. The molecule has 2 aromatic rings. The zero-order valence-electron chi connectivity index (χ0n) is 19.2. The third-order valence-corrected chi connectivity index (χ3v) is 4.80. The number of ether oxygens (including phenoxy) is 2. The number of hydrogen-bond donors (Lipinski definition) is 4. The van der Waals surface area contributed by atoms with Crippen molar-refractivity contribution in [2.75, 3.05) is 24.9 Å². The highest BCUT2D eigenvalue weighted by atomic mass is 16.5. The van der Waals surface area contributed by atoms with E-state index in [0.717, 1.165) is 5.56 Å². The van der Waals surface area contributed by atoms with Gasteiger partial charge in [0.25, 0.3) is 5.91 Å². The van der Waals surface area contributed by atoms with Crippen LogP contribution in [0.3, 0.4) is 0 Å². The Morgan fingerprint density at radius 1 is 1.00 bits per heavy atom. The fourth-order valence-corrected chi connectivity index (χ4v) is 3.11. The predicted molar refractivity (Wildman–Crippen MR) is 128 cm³/mol. The number of nitrogens with one attached hydrogen (secondary N) is 3. The van der Waals surface area contributed by atoms with E-state index in [1.165, 1.54) is 32.4 Å². The molecule has 1 aliphatic heterocycles. The molecule has 0 radical (unpaired) electrons. The second-order valence-electron chi connectivity index (χ2n) is 7.48. The van der Waals surface area contributed by atoms with E-state index in [9.17, 15) is 19.2 Å². The van der Waals surface area contributed by atoms with Crippen LogP contribution in [0, 0.1) is 6.92 Å². The van der Waals surface area contributed by atoms with Crippen molar-refractivity contribution in [3.05, 3.63) is 59.2 Å². The highest BCUT2D eigenvalue weighted by Gasteiger charge is 2.29. The van der Waals surface area contributed by atoms with Gasteiger partial charge in [0, 0.05) is 11.4 Å². The summed E-state index contributed by atoms with van der Waals surface area (Å²) in [6.45, 7) is 1.95. The van der Waals surface area contributed by atoms with E-state index < -0.39 is 29.8 Å². The molecule has 0 fully saturated rings. The molecule has 2 aromatic carbocycles. The largest absolute Gasteiger partial charge is 0.465 e. The van der Waals surface area contributed by atoms with Gasteiger partial charge in [0.15, 0.2) is 0 Å². The zero-order chi connectivity index (χ0) is 25.5. The summed E-state index contributed by atoms with van der Waals surface area (Å²) in [5.41, 5.74) is 7.88. The zero-order valence-corrected chi connectivity index (χ0v) is 19.2. The Kier molecular flexibility index (Phi) is 7.77. The number of rotatable bonds is 6. The number of nitrogens with two attached hydrogens (primary N) is 1. The van der Waals surface area contributed by atoms with Crippen LogP contribution in [0.25, 0.3) is 0 Å². The molecule has 0 bridgehead atoms. The van der Waals surface area contributed by atoms with Crippen molar-refractivity contribution >= 4 is 47.0 Å². The molecule has 1 aliphatic rings. The van der Waals surface area contributed by atoms with Crippen LogP contribution in [0.4, 0.5) is 11.4 Å². The van der Waals surface area contributed by atoms with Gasteiger partial charge in [0.2, 0.25) is 17.8 Å². The van der Waals surface area contributed by atoms with Crippen LogP contribution in [0.5, 0.6) is 0 Å². The molecule has 3 rings (SSSR count). The molecule has 35 heavy (non-hydrogen) atoms. The van der Waals surface area contributed by atoms with E-state index >= 15 is 0 Å². The number of benzene rings is 2. The third-order valence-electron chi connectivity index (χ3n) is 4.80. The fraction of sp³-hybridized carbons (Fsp3) is 0.217. The van der Waals surface area contributed by atoms with Gasteiger partial charge < -0.3 is 25.8 Å². The summed E-state index contributed by atoms with van der Waals surface area (Å²) >= 11 is 0. The normalized spacial score (nSPS) is 15.1. The summed E-state index contributed by atoms with van der Waals surface area (Å²) in [6.07, 6.45) is -0.313. The molecule has 12 nitrogen and oxygen atoms in total. The minimum Gasteiger partial charge on any atom is -0.465 e. The van der Waals surface area contributed by atoms with Crippen LogP contribution in [0.1, 0.15) is 32.7 Å². The Labute approximate surface area is 200 Å². The maximum atomic E-state index is 12.5. The highest BCUT2D eigenvalue weighted by Crippen LogP contribution is 2.18. The Balaban J connectivity index is 1.68. The molecule has 5 N–H and O–H groups in total. The molecule has 12 heteroatoms. The summed E-state index contributed by atoms with van der Waals surface area (Å²) in [4.78, 5) is 56.8. The van der Waals surface area contributed by atoms with E-state index in [4.69, 9.17) is 5.73 Å². The molecular formula is C23H24N6O6. The molecular weight excluding hydrogens is 456 g/mol. The lowest BCUT2D eigenvalue weighted by molar-refractivity contribution is -0.123. The first-order chi connectivity index (χ1) is 16.7. The van der Waals surface area contributed by atoms with Gasteiger partial charge in [-0.3, -0.25) is 14.9 Å². The van der Waals surface area contributed by atoms with Crippen LogP contribution in [-0.4, -0.2) is 55.9 Å². The minimum absolute atomic E-state index is 0.00738. The Hall–Kier alpha value is -4.74. The number of aryl methyl sites for hydroxylation is 1. The number of anilines is 2. The standard InChI is InChI=1S/C23H24N6O6/c1-12-4-6-15(7-5-12)26-22(24)29-23-27-17(19(31)28-23)11-18(30)25-16-9-13(20(32)34-2)8-14(10-16)21(33)35-3/h4-10,17H,11H2,1-3H3,(H,25,30)(H4,24,26,27,28,29,31)/t17-/m0/s1. The lowest BCUT2D eigenvalue weighted by atomic mass is 10.1. The maximum Gasteiger partial charge on any atom is 0.337 e. The number of carbonyl (C=O) groups is 4. The van der Waals surface area contributed by atoms with Gasteiger partial charge in [-0.25, -0.2) is 14.6 Å². The van der Waals surface area contributed by atoms with E-state index in [2.05, 4.69) is 35.4 Å². The van der Waals surface area contributed by atoms with Gasteiger partial charge in [-0.2, -0.15) is 4.99 Å². The lowest BCUT2D eigenvalue weighted by Gasteiger charge is -2.10. The average molecular weight is 480 g/mol. The van der Waals surface area contributed by atoms with Crippen molar-refractivity contribution in [1.82, 2.24) is 5.32 Å². The van der Waals surface area contributed by atoms with E-state index in [-0.39, 0.29) is 35.2 Å². The molecule has 0 unspecified atom stereocenters. The monoisotopic (exact) mass is 480 g/mol. The molecule has 1 atom stereocenters. The Bertz CT molecular complexity index is 1190. The van der Waals surface area contributed by atoms with Gasteiger partial charge in [-0.05, 0) is 37.3 Å². The van der Waals surface area contributed by atoms with Crippen molar-refractivity contribution in [2.24, 2.45) is 15.7 Å². The average Bonchev–Trinajstić information content (AvgIpc) is 3.16. The summed E-state index contributed by atoms with van der Waals surface area (Å²) < 4.78 is 9.34. The Morgan fingerprint density at radius 2 is 1.60 bits per heavy atom. The lowest BCUT2D eigenvalue weighted by Crippen LogP contribution is -2.32. The van der Waals surface area contributed by atoms with Crippen LogP contribution in [-0.2, 0) is 19.1 Å². The van der Waals surface area contributed by atoms with Crippen LogP contribution in [0.15, 0.2) is 52.4 Å². The molecule has 0 spiro atoms. The van der Waals surface area contributed by atoms with Gasteiger partial charge in [0.1, 0.15) is 6.04 Å². The number of methoxy groups -OCH3 is 2. The van der Waals surface area contributed by atoms with E-state index in [0.29, 0.717) is 5.69 Å². The second kappa shape index (κ2) is 10.9. The SMILES string of the molecule is COC(=O)c1cc(NC(=O)C[C@@H]2N=C(N=C(N)Nc3ccc(C)cc3)NC2=O)cc(C(=O)OC)c1. The minimum atomic E-state index is -1.04. The summed E-state index contributed by atoms with van der Waals surface area (Å²) in [5, 5.41) is 7.89. The molecule has 0 aliphatic carbocycles. The molecule has 1 heterocycles. The first-order valence-corrected chi connectivity index (χ1v) is 10.4. The Morgan fingerprint density at radius 3 is 2.17 bits per heavy atom. The number of carbonyl (C=O) groups excluding carboxylic acids is 4. The van der Waals surface area contributed by atoms with E-state index in [1.54, 1.807) is 0 Å². The van der Waals surface area contributed by atoms with Crippen LogP contribution < -0.4 is 21.7 Å². The molecule has 2 amide bonds. The fourth-order valence-electron chi connectivity index (χ4n) is 3.11. The van der Waals surface area contributed by atoms with Gasteiger partial charge in [-0.15, -0.1) is 0 Å². The number of aliphatic imine (C=N–C) groups is 2. The second-order valence-corrected chi connectivity index (χ2v) is 7.48. The van der Waals surface area contributed by atoms with Crippen LogP contribution >= 0.6 is 0 Å². The smallest absolute Gasteiger partial charge is 0.337 e. The van der Waals surface area contributed by atoms with Crippen molar-refractivity contribution < 1.29 is 28.7 Å². The highest BCUT2D eigenvalue weighted by molar-refractivity contribution is 6.11. The number of nitrogens with zero attached hydrogens (tertiary/aromatic N) is 2. The van der Waals surface area contributed by atoms with Gasteiger partial charge in [-0.1, -0.05) is 17.7 Å². The molecule has 182 valence electrons. The number of guanidine groups is 2. The number of esters is 2. The molecule has 0 aromatic heterocycles. The van der Waals surface area contributed by atoms with Crippen LogP contribution in [0.2, 0.25) is 0 Å². The van der Waals surface area contributed by atoms with Crippen molar-refractivity contribution in [3.63, 3.8) is 0 Å². The number of hydrogen-bond acceptors (Lipinski definition) is 8. The summed E-state index contributed by atoms with van der Waals surface area (Å²) in [7, 11) is 2.37. The molecule has 0 saturated heterocycles. The maximum absolute atomic E-state index is 12.5. The quantitative estimate of drug-likeness (QED) is 0.271. The molecule has 0 saturated carbocycles. The van der Waals surface area contributed by atoms with Gasteiger partial charge in [0.05, 0.1) is 31.8 Å². The van der Waals surface area contributed by atoms with Gasteiger partial charge >= 0.3 is 11.9 Å². The third kappa shape index (κ3) is 6.63. The van der Waals surface area contributed by atoms with E-state index in [1.807, 2.05) is 31.2 Å². The van der Waals surface area contributed by atoms with Crippen molar-refractivity contribution in [1.29, 1.82) is 0 Å². The topological polar surface area (TPSA) is 174 Å². The number of amides is 2. The summed E-state index contributed by atoms with van der Waals surface area (Å²) in [5.74, 6) is -2.54. The summed E-state index contributed by atoms with van der Waals surface area (Å²) in [6, 6.07) is 10.3. The predicted octanol–water partition coefficient (Wildman–Crippen LogP) is 1.18. The van der Waals surface area contributed by atoms with Crippen molar-refractivity contribution in [3.8, 4) is 0 Å². The first-order valence-electron chi connectivity index (χ1n) is 10.4. The van der Waals surface area contributed by atoms with Crippen molar-refractivity contribution in [2.45, 2.75) is 19.4 Å².